The molecule has 1 heterocycles. The number of rotatable bonds is 17. The van der Waals surface area contributed by atoms with Crippen LogP contribution in [0.25, 0.3) is 33.4 Å². The summed E-state index contributed by atoms with van der Waals surface area (Å²) in [6, 6.07) is 18.4. The van der Waals surface area contributed by atoms with Crippen LogP contribution in [0.5, 0.6) is 11.5 Å². The molecule has 0 amide bonds. The Bertz CT molecular complexity index is 2230. The minimum atomic E-state index is -1.27. The molecule has 0 saturated carbocycles. The number of anilines is 3. The average Bonchev–Trinajstić information content (AvgIpc) is 3.08. The lowest BCUT2D eigenvalue weighted by Crippen LogP contribution is -2.35. The Labute approximate surface area is 309 Å². The number of carboxylic acid groups (broad SMARTS) is 4. The van der Waals surface area contributed by atoms with E-state index in [1.165, 1.54) is 12.1 Å². The second-order valence-corrected chi connectivity index (χ2v) is 12.8. The molecule has 0 bridgehead atoms. The molecule has 15 heteroatoms. The summed E-state index contributed by atoms with van der Waals surface area (Å²) < 4.78 is 18.5. The number of carbonyl (C=O) groups is 4. The second kappa shape index (κ2) is 16.3. The zero-order valence-corrected chi connectivity index (χ0v) is 30.0. The van der Waals surface area contributed by atoms with Gasteiger partial charge in [0.05, 0.1) is 11.4 Å². The molecule has 0 fully saturated rings. The summed E-state index contributed by atoms with van der Waals surface area (Å²) in [6.45, 7) is 0.823. The first-order chi connectivity index (χ1) is 25.6. The highest BCUT2D eigenvalue weighted by Crippen LogP contribution is 2.45. The van der Waals surface area contributed by atoms with E-state index in [0.717, 1.165) is 21.1 Å². The van der Waals surface area contributed by atoms with E-state index < -0.39 is 50.1 Å². The predicted molar refractivity (Wildman–Crippen MR) is 201 cm³/mol. The Morgan fingerprint density at radius 1 is 0.648 bits per heavy atom. The molecule has 1 aliphatic heterocycles. The fourth-order valence-electron chi connectivity index (χ4n) is 6.14. The molecule has 15 nitrogen and oxygen atoms in total. The number of benzene rings is 4. The van der Waals surface area contributed by atoms with Crippen LogP contribution in [-0.2, 0) is 19.2 Å². The zero-order chi connectivity index (χ0) is 39.3. The lowest BCUT2D eigenvalue weighted by Gasteiger charge is -2.26. The lowest BCUT2D eigenvalue weighted by atomic mass is 9.90. The molecule has 0 unspecified atom stereocenters. The predicted octanol–water partition coefficient (Wildman–Crippen LogP) is 4.66. The Hall–Kier alpha value is -6.77. The molecule has 4 N–H and O–H groups in total. The van der Waals surface area contributed by atoms with Gasteiger partial charge in [0.25, 0.3) is 0 Å². The van der Waals surface area contributed by atoms with Crippen LogP contribution in [0.1, 0.15) is 11.1 Å². The number of hydrogen-bond acceptors (Lipinski definition) is 11. The SMILES string of the molecule is Cc1ccc(N(CC(=O)O)CC(=O)O)c(OCCOc2cc(-c3c4ccc(=O)cc-4oc4cc(N(C)C)ccc34)c(C)cc2N(CC(=O)O)CC(=O)O)c1. The highest BCUT2D eigenvalue weighted by molar-refractivity contribution is 6.04. The van der Waals surface area contributed by atoms with E-state index in [1.807, 2.05) is 37.2 Å². The van der Waals surface area contributed by atoms with Crippen LogP contribution >= 0.6 is 0 Å². The molecule has 5 rings (SSSR count). The Kier molecular flexibility index (Phi) is 11.6. The molecule has 282 valence electrons. The van der Waals surface area contributed by atoms with Crippen molar-refractivity contribution in [2.75, 3.05) is 68.2 Å². The average molecular weight is 742 g/mol. The van der Waals surface area contributed by atoms with Crippen LogP contribution in [0, 0.1) is 13.8 Å². The number of ether oxygens (including phenoxy) is 2. The summed E-state index contributed by atoms with van der Waals surface area (Å²) in [6.07, 6.45) is 0. The number of fused-ring (bicyclic) bond motifs is 2. The van der Waals surface area contributed by atoms with Gasteiger partial charge in [0.1, 0.15) is 62.2 Å². The van der Waals surface area contributed by atoms with Crippen LogP contribution < -0.4 is 29.6 Å². The monoisotopic (exact) mass is 741 g/mol. The van der Waals surface area contributed by atoms with Gasteiger partial charge in [0, 0.05) is 48.4 Å². The van der Waals surface area contributed by atoms with E-state index in [1.54, 1.807) is 50.2 Å². The summed E-state index contributed by atoms with van der Waals surface area (Å²) in [5, 5.41) is 39.0. The molecule has 2 aliphatic rings. The summed E-state index contributed by atoms with van der Waals surface area (Å²) in [5.74, 6) is -4.31. The Morgan fingerprint density at radius 2 is 1.22 bits per heavy atom. The van der Waals surface area contributed by atoms with Crippen molar-refractivity contribution in [1.82, 2.24) is 0 Å². The van der Waals surface area contributed by atoms with E-state index in [9.17, 15) is 44.4 Å². The number of carboxylic acids is 4. The van der Waals surface area contributed by atoms with Crippen molar-refractivity contribution in [2.24, 2.45) is 0 Å². The molecule has 54 heavy (non-hydrogen) atoms. The first-order valence-corrected chi connectivity index (χ1v) is 16.7. The number of hydrogen-bond donors (Lipinski definition) is 4. The van der Waals surface area contributed by atoms with Crippen LogP contribution in [-0.4, -0.2) is 97.8 Å². The maximum absolute atomic E-state index is 12.4. The van der Waals surface area contributed by atoms with Crippen LogP contribution in [0.4, 0.5) is 17.1 Å². The van der Waals surface area contributed by atoms with E-state index in [-0.39, 0.29) is 41.5 Å². The summed E-state index contributed by atoms with van der Waals surface area (Å²) in [7, 11) is 3.77. The maximum Gasteiger partial charge on any atom is 0.323 e. The minimum absolute atomic E-state index is 0.124. The minimum Gasteiger partial charge on any atom is -0.488 e. The van der Waals surface area contributed by atoms with E-state index >= 15 is 0 Å². The van der Waals surface area contributed by atoms with Crippen LogP contribution in [0.15, 0.2) is 75.9 Å². The molecule has 0 saturated heterocycles. The van der Waals surface area contributed by atoms with Gasteiger partial charge in [-0.2, -0.15) is 0 Å². The van der Waals surface area contributed by atoms with Gasteiger partial charge in [-0.25, -0.2) is 0 Å². The van der Waals surface area contributed by atoms with Crippen molar-refractivity contribution in [3.63, 3.8) is 0 Å². The molecule has 0 aromatic heterocycles. The van der Waals surface area contributed by atoms with Gasteiger partial charge < -0.3 is 49.0 Å². The molecule has 3 aromatic rings. The quantitative estimate of drug-likeness (QED) is 0.0755. The van der Waals surface area contributed by atoms with Crippen molar-refractivity contribution in [2.45, 2.75) is 13.8 Å². The summed E-state index contributed by atoms with van der Waals surface area (Å²) >= 11 is 0. The van der Waals surface area contributed by atoms with Crippen molar-refractivity contribution in [1.29, 1.82) is 0 Å². The third-order valence-electron chi connectivity index (χ3n) is 8.47. The highest BCUT2D eigenvalue weighted by Gasteiger charge is 2.25. The summed E-state index contributed by atoms with van der Waals surface area (Å²) in [4.78, 5) is 63.5. The van der Waals surface area contributed by atoms with Gasteiger partial charge in [-0.15, -0.1) is 0 Å². The van der Waals surface area contributed by atoms with E-state index in [2.05, 4.69) is 0 Å². The van der Waals surface area contributed by atoms with Gasteiger partial charge >= 0.3 is 23.9 Å². The van der Waals surface area contributed by atoms with Crippen LogP contribution in [0.2, 0.25) is 0 Å². The smallest absolute Gasteiger partial charge is 0.323 e. The topological polar surface area (TPSA) is 208 Å². The third kappa shape index (κ3) is 8.99. The van der Waals surface area contributed by atoms with Crippen molar-refractivity contribution < 1.29 is 53.5 Å². The highest BCUT2D eigenvalue weighted by atomic mass is 16.5. The fourth-order valence-corrected chi connectivity index (χ4v) is 6.14. The Morgan fingerprint density at radius 3 is 1.80 bits per heavy atom. The molecule has 0 radical (unpaired) electrons. The Balaban J connectivity index is 1.59. The molecule has 0 spiro atoms. The van der Waals surface area contributed by atoms with Crippen molar-refractivity contribution in [3.8, 4) is 33.9 Å². The van der Waals surface area contributed by atoms with Gasteiger partial charge in [-0.3, -0.25) is 24.0 Å². The zero-order valence-electron chi connectivity index (χ0n) is 30.0. The number of aliphatic carboxylic acids is 4. The second-order valence-electron chi connectivity index (χ2n) is 12.8. The van der Waals surface area contributed by atoms with Gasteiger partial charge in [0.15, 0.2) is 5.43 Å². The molecule has 0 atom stereocenters. The lowest BCUT2D eigenvalue weighted by molar-refractivity contribution is -0.138. The number of nitrogens with zero attached hydrogens (tertiary/aromatic N) is 3. The number of aryl methyl sites for hydroxylation is 2. The molecular formula is C39H39N3O12. The largest absolute Gasteiger partial charge is 0.488 e. The third-order valence-corrected chi connectivity index (χ3v) is 8.47. The molecule has 3 aromatic carbocycles. The van der Waals surface area contributed by atoms with Gasteiger partial charge in [-0.1, -0.05) is 6.07 Å². The fraction of sp³-hybridized carbons (Fsp3) is 0.256. The maximum atomic E-state index is 12.4. The van der Waals surface area contributed by atoms with Crippen molar-refractivity contribution in [3.05, 3.63) is 88.1 Å². The summed E-state index contributed by atoms with van der Waals surface area (Å²) in [5.41, 5.74) is 4.91. The van der Waals surface area contributed by atoms with E-state index in [0.29, 0.717) is 39.0 Å². The standard InChI is InChI=1S/C39H39N3O12/c1-22-5-10-29(41(18-35(44)45)19-36(46)47)33(13-22)52-11-12-53-34-17-28(23(2)14-30(34)42(20-37(48)49)21-38(50)51)39-26-8-6-24(40(3)4)15-31(26)54-32-16-25(43)7-9-27(32)39/h5-10,13-17H,11-12,18-21H2,1-4H3,(H,44,45)(H,46,47)(H,48,49)(H,50,51). The normalized spacial score (nSPS) is 11.0. The van der Waals surface area contributed by atoms with Gasteiger partial charge in [0.2, 0.25) is 0 Å². The van der Waals surface area contributed by atoms with Crippen LogP contribution in [0.3, 0.4) is 0 Å². The molecular weight excluding hydrogens is 702 g/mol. The first kappa shape index (κ1) is 38.5. The van der Waals surface area contributed by atoms with E-state index in [4.69, 9.17) is 13.9 Å². The molecule has 1 aliphatic carbocycles. The van der Waals surface area contributed by atoms with Crippen molar-refractivity contribution >= 4 is 51.9 Å². The van der Waals surface area contributed by atoms with Gasteiger partial charge in [-0.05, 0) is 79.1 Å². The first-order valence-electron chi connectivity index (χ1n) is 16.7.